The number of rotatable bonds is 26. The topological polar surface area (TPSA) is 184 Å². The Bertz CT molecular complexity index is 1860. The number of nitrogens with one attached hydrogen (secondary N) is 2. The van der Waals surface area contributed by atoms with Crippen molar-refractivity contribution in [2.24, 2.45) is 17.8 Å². The van der Waals surface area contributed by atoms with Crippen LogP contribution in [0.5, 0.6) is 0 Å². The molecule has 3 rings (SSSR count). The van der Waals surface area contributed by atoms with E-state index in [2.05, 4.69) is 10.6 Å². The molecule has 2 aliphatic heterocycles. The number of likely N-dealkylation sites (N-methyl/N-ethyl adjacent to an activating group) is 2. The van der Waals surface area contributed by atoms with Crippen molar-refractivity contribution in [3.8, 4) is 0 Å². The summed E-state index contributed by atoms with van der Waals surface area (Å²) in [6, 6.07) is 7.06. The Morgan fingerprint density at radius 3 is 2.11 bits per heavy atom. The highest BCUT2D eigenvalue weighted by molar-refractivity contribution is 7.80. The molecule has 0 saturated carbocycles. The Balaban J connectivity index is 1.70. The predicted molar refractivity (Wildman–Crippen MR) is 256 cm³/mol. The highest BCUT2D eigenvalue weighted by atomic mass is 32.1. The van der Waals surface area contributed by atoms with Crippen molar-refractivity contribution in [2.45, 2.75) is 148 Å². The zero-order valence-electron chi connectivity index (χ0n) is 41.3. The lowest BCUT2D eigenvalue weighted by atomic mass is 9.89. The standard InChI is InChI=1S/C49H76N6O10S/c1-13-32(4)43(52(8)46(60)42(31(2)3)51-48(62)49(6,7)53(9)38(56)24-18-15-19-27-55-39(57)25-26-40(55)58)37(63-10)30-41(59)54-28-20-23-36(54)44(64-11)33(5)45(66)50-35(47(61)65-12)29-34-21-16-14-17-22-34/h14,16-17,21-22,25-26,31-33,35-37,42-44H,13,15,18-20,23-24,27-30H2,1-12H3,(H,50,66)(H,51,62). The first-order valence-corrected chi connectivity index (χ1v) is 23.7. The number of likely N-dealkylation sites (tertiary alicyclic amines) is 1. The van der Waals surface area contributed by atoms with Crippen molar-refractivity contribution in [1.82, 2.24) is 30.2 Å². The number of esters is 1. The number of thiocarbonyl (C=S) groups is 1. The molecule has 6 amide bonds. The first-order valence-electron chi connectivity index (χ1n) is 23.3. The Kier molecular flexibility index (Phi) is 21.9. The van der Waals surface area contributed by atoms with Gasteiger partial charge in [-0.05, 0) is 56.9 Å². The molecule has 0 aliphatic carbocycles. The average molecular weight is 941 g/mol. The maximum absolute atomic E-state index is 14.5. The fraction of sp³-hybridized carbons (Fsp3) is 0.673. The van der Waals surface area contributed by atoms with Crippen LogP contribution in [0.3, 0.4) is 0 Å². The van der Waals surface area contributed by atoms with Crippen molar-refractivity contribution in [3.05, 3.63) is 48.0 Å². The largest absolute Gasteiger partial charge is 0.467 e. The van der Waals surface area contributed by atoms with E-state index in [4.69, 9.17) is 26.4 Å². The summed E-state index contributed by atoms with van der Waals surface area (Å²) in [5.74, 6) is -3.17. The summed E-state index contributed by atoms with van der Waals surface area (Å²) in [7, 11) is 7.71. The lowest BCUT2D eigenvalue weighted by molar-refractivity contribution is -0.149. The molecule has 66 heavy (non-hydrogen) atoms. The molecule has 1 aromatic carbocycles. The van der Waals surface area contributed by atoms with Gasteiger partial charge >= 0.3 is 5.97 Å². The summed E-state index contributed by atoms with van der Waals surface area (Å²) >= 11 is 5.87. The number of hydrogen-bond acceptors (Lipinski definition) is 11. The zero-order valence-corrected chi connectivity index (χ0v) is 42.1. The van der Waals surface area contributed by atoms with E-state index in [0.29, 0.717) is 50.1 Å². The van der Waals surface area contributed by atoms with E-state index in [-0.39, 0.29) is 72.7 Å². The molecule has 1 aromatic rings. The number of unbranched alkanes of at least 4 members (excludes halogenated alkanes) is 2. The van der Waals surface area contributed by atoms with E-state index in [1.54, 1.807) is 40.0 Å². The van der Waals surface area contributed by atoms with Crippen LogP contribution in [0.15, 0.2) is 42.5 Å². The molecule has 16 nitrogen and oxygen atoms in total. The van der Waals surface area contributed by atoms with Gasteiger partial charge in [0.25, 0.3) is 11.8 Å². The van der Waals surface area contributed by atoms with Gasteiger partial charge in [0.05, 0.1) is 42.8 Å². The van der Waals surface area contributed by atoms with Crippen molar-refractivity contribution in [3.63, 3.8) is 0 Å². The molecule has 2 aliphatic rings. The Morgan fingerprint density at radius 2 is 1.55 bits per heavy atom. The van der Waals surface area contributed by atoms with E-state index in [9.17, 15) is 33.6 Å². The number of nitrogens with zero attached hydrogens (tertiary/aromatic N) is 4. The number of imide groups is 1. The van der Waals surface area contributed by atoms with Crippen LogP contribution in [0.4, 0.5) is 0 Å². The average Bonchev–Trinajstić information content (AvgIpc) is 3.91. The highest BCUT2D eigenvalue weighted by Gasteiger charge is 2.44. The second-order valence-corrected chi connectivity index (χ2v) is 19.0. The molecule has 1 fully saturated rings. The molecule has 0 aromatic heterocycles. The van der Waals surface area contributed by atoms with E-state index in [1.807, 2.05) is 69.9 Å². The minimum absolute atomic E-state index is 0.0149. The van der Waals surface area contributed by atoms with Crippen LogP contribution in [-0.4, -0.2) is 156 Å². The van der Waals surface area contributed by atoms with E-state index in [0.717, 1.165) is 12.0 Å². The summed E-state index contributed by atoms with van der Waals surface area (Å²) in [5, 5.41) is 6.17. The molecule has 368 valence electrons. The molecule has 8 atom stereocenters. The van der Waals surface area contributed by atoms with Gasteiger partial charge in [0, 0.05) is 72.3 Å². The van der Waals surface area contributed by atoms with Gasteiger partial charge in [-0.3, -0.25) is 33.7 Å². The lowest BCUT2D eigenvalue weighted by Gasteiger charge is -2.41. The van der Waals surface area contributed by atoms with E-state index < -0.39 is 47.7 Å². The van der Waals surface area contributed by atoms with Crippen LogP contribution < -0.4 is 10.6 Å². The first kappa shape index (κ1) is 55.6. The number of carbonyl (C=O) groups is 7. The number of methoxy groups -OCH3 is 3. The van der Waals surface area contributed by atoms with Crippen molar-refractivity contribution >= 4 is 58.6 Å². The Labute approximate surface area is 397 Å². The lowest BCUT2D eigenvalue weighted by Crippen LogP contribution is -2.62. The number of ether oxygens (including phenoxy) is 3. The Hall–Kier alpha value is -4.74. The third kappa shape index (κ3) is 14.4. The third-order valence-electron chi connectivity index (χ3n) is 13.5. The summed E-state index contributed by atoms with van der Waals surface area (Å²) < 4.78 is 17.2. The monoisotopic (exact) mass is 941 g/mol. The molecule has 0 spiro atoms. The normalized spacial score (nSPS) is 18.3. The van der Waals surface area contributed by atoms with E-state index >= 15 is 0 Å². The molecular formula is C49H76N6O10S. The molecule has 2 heterocycles. The van der Waals surface area contributed by atoms with Gasteiger partial charge in [-0.25, -0.2) is 4.79 Å². The maximum Gasteiger partial charge on any atom is 0.328 e. The molecule has 0 radical (unpaired) electrons. The number of hydrogen-bond donors (Lipinski definition) is 2. The van der Waals surface area contributed by atoms with Crippen LogP contribution >= 0.6 is 12.2 Å². The summed E-state index contributed by atoms with van der Waals surface area (Å²) in [6.07, 6.45) is 5.61. The summed E-state index contributed by atoms with van der Waals surface area (Å²) in [5.41, 5.74) is -0.365. The predicted octanol–water partition coefficient (Wildman–Crippen LogP) is 4.47. The third-order valence-corrected chi connectivity index (χ3v) is 14.0. The van der Waals surface area contributed by atoms with Crippen molar-refractivity contribution in [1.29, 1.82) is 0 Å². The van der Waals surface area contributed by atoms with Gasteiger partial charge in [-0.15, -0.1) is 0 Å². The SMILES string of the molecule is CCC(C)C(C(CC(=O)N1CCCC1C(OC)C(C)C(=S)NC(Cc1ccccc1)C(=O)OC)OC)N(C)C(=O)C(NC(=O)C(C)(C)N(C)C(=O)CCCCCN1C(=O)C=CC1=O)C(C)C. The van der Waals surface area contributed by atoms with Crippen LogP contribution in [-0.2, 0) is 54.2 Å². The molecule has 2 N–H and O–H groups in total. The van der Waals surface area contributed by atoms with Gasteiger partial charge < -0.3 is 39.5 Å². The van der Waals surface area contributed by atoms with Gasteiger partial charge in [0.15, 0.2) is 0 Å². The maximum atomic E-state index is 14.5. The van der Waals surface area contributed by atoms with Crippen molar-refractivity contribution < 1.29 is 47.8 Å². The summed E-state index contributed by atoms with van der Waals surface area (Å²) in [6.45, 7) is 13.7. The minimum Gasteiger partial charge on any atom is -0.467 e. The number of amides is 6. The quantitative estimate of drug-likeness (QED) is 0.0576. The number of benzene rings is 1. The van der Waals surface area contributed by atoms with Crippen LogP contribution in [0.2, 0.25) is 0 Å². The second kappa shape index (κ2) is 26.0. The van der Waals surface area contributed by atoms with Crippen LogP contribution in [0.1, 0.15) is 105 Å². The first-order chi connectivity index (χ1) is 31.2. The van der Waals surface area contributed by atoms with E-state index in [1.165, 1.54) is 36.2 Å². The summed E-state index contributed by atoms with van der Waals surface area (Å²) in [4.78, 5) is 99.1. The molecule has 0 bridgehead atoms. The fourth-order valence-corrected chi connectivity index (χ4v) is 9.13. The number of carbonyl (C=O) groups excluding carboxylic acids is 7. The molecule has 17 heteroatoms. The Morgan fingerprint density at radius 1 is 0.909 bits per heavy atom. The second-order valence-electron chi connectivity index (χ2n) is 18.5. The molecule has 1 saturated heterocycles. The van der Waals surface area contributed by atoms with Gasteiger partial charge in [-0.2, -0.15) is 0 Å². The van der Waals surface area contributed by atoms with Crippen LogP contribution in [0, 0.1) is 17.8 Å². The molecular weight excluding hydrogens is 865 g/mol. The zero-order chi connectivity index (χ0) is 49.5. The van der Waals surface area contributed by atoms with Gasteiger partial charge in [-0.1, -0.05) is 90.0 Å². The van der Waals surface area contributed by atoms with Crippen molar-refractivity contribution in [2.75, 3.05) is 48.5 Å². The van der Waals surface area contributed by atoms with Crippen LogP contribution in [0.25, 0.3) is 0 Å². The van der Waals surface area contributed by atoms with Gasteiger partial charge in [0.1, 0.15) is 17.6 Å². The highest BCUT2D eigenvalue weighted by Crippen LogP contribution is 2.30. The van der Waals surface area contributed by atoms with Gasteiger partial charge in [0.2, 0.25) is 23.6 Å². The minimum atomic E-state index is -1.31. The fourth-order valence-electron chi connectivity index (χ4n) is 8.85. The molecule has 8 unspecified atom stereocenters. The smallest absolute Gasteiger partial charge is 0.328 e.